The number of hydrogen-bond acceptors (Lipinski definition) is 4. The number of carboxylic acids is 1. The van der Waals surface area contributed by atoms with Gasteiger partial charge in [-0.2, -0.15) is 0 Å². The maximum atomic E-state index is 11.5. The summed E-state index contributed by atoms with van der Waals surface area (Å²) in [4.78, 5) is 22.8. The molecule has 0 aromatic heterocycles. The molecule has 0 radical (unpaired) electrons. The Morgan fingerprint density at radius 2 is 2.19 bits per heavy atom. The molecule has 2 N–H and O–H groups in total. The third-order valence-corrected chi connectivity index (χ3v) is 3.75. The Hall–Kier alpha value is -1.40. The number of carboxylic acid groups (broad SMARTS) is 1. The van der Waals surface area contributed by atoms with E-state index in [2.05, 4.69) is 5.32 Å². The van der Waals surface area contributed by atoms with Crippen LogP contribution in [-0.2, 0) is 19.1 Å². The van der Waals surface area contributed by atoms with Crippen LogP contribution < -0.4 is 5.32 Å². The van der Waals surface area contributed by atoms with Gasteiger partial charge in [-0.15, -0.1) is 0 Å². The molecule has 1 aliphatic heterocycles. The van der Waals surface area contributed by atoms with E-state index in [-0.39, 0.29) is 30.1 Å². The van der Waals surface area contributed by atoms with Crippen molar-refractivity contribution in [1.82, 2.24) is 5.32 Å². The second kappa shape index (κ2) is 6.58. The van der Waals surface area contributed by atoms with Crippen LogP contribution in [0.5, 0.6) is 0 Å². The minimum absolute atomic E-state index is 0.0150. The summed E-state index contributed by atoms with van der Waals surface area (Å²) in [5.74, 6) is -1.04. The van der Waals surface area contributed by atoms with Crippen molar-refractivity contribution in [2.24, 2.45) is 5.92 Å². The molecule has 1 fully saturated rings. The van der Waals surface area contributed by atoms with Crippen LogP contribution in [-0.4, -0.2) is 47.9 Å². The molecule has 118 valence electrons. The second-order valence-electron chi connectivity index (χ2n) is 6.03. The van der Waals surface area contributed by atoms with E-state index in [1.54, 1.807) is 6.08 Å². The number of carbonyl (C=O) groups excluding carboxylic acids is 1. The summed E-state index contributed by atoms with van der Waals surface area (Å²) in [5.41, 5.74) is 0.355. The molecule has 2 unspecified atom stereocenters. The molecular weight excluding hydrogens is 274 g/mol. The third kappa shape index (κ3) is 4.54. The number of nitrogens with one attached hydrogen (secondary N) is 1. The zero-order chi connectivity index (χ0) is 15.6. The second-order valence-corrected chi connectivity index (χ2v) is 6.03. The normalized spacial score (nSPS) is 31.7. The number of hydrogen-bond donors (Lipinski definition) is 2. The highest BCUT2D eigenvalue weighted by Gasteiger charge is 2.40. The maximum Gasteiger partial charge on any atom is 0.331 e. The van der Waals surface area contributed by atoms with Gasteiger partial charge in [0.05, 0.1) is 31.0 Å². The van der Waals surface area contributed by atoms with Gasteiger partial charge >= 0.3 is 5.97 Å². The summed E-state index contributed by atoms with van der Waals surface area (Å²) < 4.78 is 11.1. The van der Waals surface area contributed by atoms with Crippen LogP contribution in [0, 0.1) is 5.92 Å². The van der Waals surface area contributed by atoms with Crippen molar-refractivity contribution in [1.29, 1.82) is 0 Å². The molecule has 21 heavy (non-hydrogen) atoms. The number of amides is 1. The maximum absolute atomic E-state index is 11.5. The molecule has 1 heterocycles. The Balaban J connectivity index is 2.21. The van der Waals surface area contributed by atoms with Gasteiger partial charge in [0.15, 0.2) is 0 Å². The van der Waals surface area contributed by atoms with E-state index in [0.29, 0.717) is 18.6 Å². The fourth-order valence-electron chi connectivity index (χ4n) is 2.85. The van der Waals surface area contributed by atoms with Crippen LogP contribution in [0.4, 0.5) is 0 Å². The van der Waals surface area contributed by atoms with Crippen molar-refractivity contribution >= 4 is 11.9 Å². The van der Waals surface area contributed by atoms with Crippen LogP contribution in [0.15, 0.2) is 11.6 Å². The van der Waals surface area contributed by atoms with Crippen LogP contribution >= 0.6 is 0 Å². The molecule has 0 aromatic carbocycles. The molecule has 0 bridgehead atoms. The van der Waals surface area contributed by atoms with E-state index in [1.165, 1.54) is 6.92 Å². The lowest BCUT2D eigenvalue weighted by molar-refractivity contribution is -0.133. The largest absolute Gasteiger partial charge is 0.478 e. The average molecular weight is 297 g/mol. The fourth-order valence-corrected chi connectivity index (χ4v) is 2.85. The molecular formula is C15H23NO5. The number of rotatable bonds is 6. The summed E-state index contributed by atoms with van der Waals surface area (Å²) in [5, 5.41) is 12.2. The van der Waals surface area contributed by atoms with E-state index in [0.717, 1.165) is 6.42 Å². The predicted octanol–water partition coefficient (Wildman–Crippen LogP) is 1.10. The van der Waals surface area contributed by atoms with Gasteiger partial charge in [0.2, 0.25) is 5.91 Å². The lowest BCUT2D eigenvalue weighted by Gasteiger charge is -2.37. The fraction of sp³-hybridized carbons (Fsp3) is 0.733. The van der Waals surface area contributed by atoms with Crippen LogP contribution in [0.2, 0.25) is 0 Å². The van der Waals surface area contributed by atoms with Gasteiger partial charge in [0, 0.05) is 12.5 Å². The van der Waals surface area contributed by atoms with E-state index in [9.17, 15) is 14.7 Å². The van der Waals surface area contributed by atoms with E-state index in [1.807, 2.05) is 13.8 Å². The minimum atomic E-state index is -0.921. The first-order chi connectivity index (χ1) is 9.86. The highest BCUT2D eigenvalue weighted by molar-refractivity contribution is 5.87. The van der Waals surface area contributed by atoms with Crippen molar-refractivity contribution in [2.45, 2.75) is 58.0 Å². The van der Waals surface area contributed by atoms with Crippen molar-refractivity contribution in [2.75, 3.05) is 6.61 Å². The molecule has 1 saturated heterocycles. The number of carbonyl (C=O) groups is 2. The predicted molar refractivity (Wildman–Crippen MR) is 75.8 cm³/mol. The van der Waals surface area contributed by atoms with Gasteiger partial charge in [-0.25, -0.2) is 4.79 Å². The zero-order valence-electron chi connectivity index (χ0n) is 12.7. The topological polar surface area (TPSA) is 88.2 Å². The average Bonchev–Trinajstić information content (AvgIpc) is 3.15. The summed E-state index contributed by atoms with van der Waals surface area (Å²) in [6.45, 7) is 5.97. The van der Waals surface area contributed by atoms with Crippen molar-refractivity contribution in [3.05, 3.63) is 11.6 Å². The Labute approximate surface area is 124 Å². The van der Waals surface area contributed by atoms with Crippen LogP contribution in [0.1, 0.15) is 33.6 Å². The monoisotopic (exact) mass is 297 g/mol. The van der Waals surface area contributed by atoms with E-state index >= 15 is 0 Å². The Kier molecular flexibility index (Phi) is 5.00. The van der Waals surface area contributed by atoms with Crippen molar-refractivity contribution < 1.29 is 24.2 Å². The van der Waals surface area contributed by atoms with Crippen LogP contribution in [0.25, 0.3) is 0 Å². The molecule has 4 atom stereocenters. The zero-order valence-corrected chi connectivity index (χ0v) is 12.7. The number of aliphatic carboxylic acids is 1. The van der Waals surface area contributed by atoms with Crippen molar-refractivity contribution in [3.63, 3.8) is 0 Å². The standard InChI is InChI=1S/C15H23NO5/c1-8(2)21-13-6-11(15(18)19)4-10(5-12-7-20-12)14(13)16-9(3)17/h6,8,10,12-14H,4-5,7H2,1-3H3,(H,16,17)(H,18,19)/t10-,12?,13-,14?/m1/s1. The lowest BCUT2D eigenvalue weighted by Crippen LogP contribution is -2.51. The minimum Gasteiger partial charge on any atom is -0.478 e. The summed E-state index contributed by atoms with van der Waals surface area (Å²) in [6.07, 6.45) is 2.52. The van der Waals surface area contributed by atoms with Crippen LogP contribution in [0.3, 0.4) is 0 Å². The van der Waals surface area contributed by atoms with E-state index in [4.69, 9.17) is 9.47 Å². The van der Waals surface area contributed by atoms with Gasteiger partial charge < -0.3 is 19.9 Å². The first kappa shape index (κ1) is 16.0. The molecule has 1 aliphatic carbocycles. The SMILES string of the molecule is CC(=O)NC1[C@@H](CC2CO2)CC(C(=O)O)=C[C@H]1OC(C)C. The molecule has 6 nitrogen and oxygen atoms in total. The molecule has 1 amide bonds. The van der Waals surface area contributed by atoms with Gasteiger partial charge in [-0.1, -0.05) is 0 Å². The van der Waals surface area contributed by atoms with Gasteiger partial charge in [0.25, 0.3) is 0 Å². The molecule has 0 aromatic rings. The number of epoxide rings is 1. The number of ether oxygens (including phenoxy) is 2. The molecule has 2 aliphatic rings. The van der Waals surface area contributed by atoms with E-state index < -0.39 is 12.1 Å². The van der Waals surface area contributed by atoms with Crippen molar-refractivity contribution in [3.8, 4) is 0 Å². The summed E-state index contributed by atoms with van der Waals surface area (Å²) >= 11 is 0. The lowest BCUT2D eigenvalue weighted by atomic mass is 9.80. The highest BCUT2D eigenvalue weighted by atomic mass is 16.6. The van der Waals surface area contributed by atoms with Gasteiger partial charge in [0.1, 0.15) is 0 Å². The first-order valence-corrected chi connectivity index (χ1v) is 7.35. The molecule has 6 heteroatoms. The smallest absolute Gasteiger partial charge is 0.331 e. The summed E-state index contributed by atoms with van der Waals surface area (Å²) in [6, 6.07) is -0.211. The van der Waals surface area contributed by atoms with Gasteiger partial charge in [-0.3, -0.25) is 4.79 Å². The first-order valence-electron chi connectivity index (χ1n) is 7.35. The Morgan fingerprint density at radius 1 is 1.52 bits per heavy atom. The Morgan fingerprint density at radius 3 is 2.67 bits per heavy atom. The molecule has 0 saturated carbocycles. The highest BCUT2D eigenvalue weighted by Crippen LogP contribution is 2.33. The summed E-state index contributed by atoms with van der Waals surface area (Å²) in [7, 11) is 0. The Bertz CT molecular complexity index is 441. The molecule has 0 spiro atoms. The molecule has 2 rings (SSSR count). The quantitative estimate of drug-likeness (QED) is 0.717. The third-order valence-electron chi connectivity index (χ3n) is 3.75. The van der Waals surface area contributed by atoms with Gasteiger partial charge in [-0.05, 0) is 38.7 Å².